The minimum Gasteiger partial charge on any atom is -0.459 e. The molecule has 3 heterocycles. The smallest absolute Gasteiger partial charge is 0.254 e. The fourth-order valence-electron chi connectivity index (χ4n) is 2.69. The van der Waals surface area contributed by atoms with Gasteiger partial charge in [-0.25, -0.2) is 4.98 Å². The average molecular weight is 307 g/mol. The maximum absolute atomic E-state index is 5.94. The second kappa shape index (κ2) is 5.08. The van der Waals surface area contributed by atoms with Crippen molar-refractivity contribution < 1.29 is 4.42 Å². The van der Waals surface area contributed by atoms with Gasteiger partial charge < -0.3 is 9.73 Å². The Bertz CT molecular complexity index is 968. The van der Waals surface area contributed by atoms with Gasteiger partial charge in [-0.2, -0.15) is 14.6 Å². The number of nitrogens with zero attached hydrogens (tertiary/aromatic N) is 4. The number of anilines is 1. The van der Waals surface area contributed by atoms with Crippen LogP contribution >= 0.6 is 0 Å². The van der Waals surface area contributed by atoms with Crippen molar-refractivity contribution in [2.75, 3.05) is 5.32 Å². The molecular weight excluding hydrogens is 290 g/mol. The van der Waals surface area contributed by atoms with Gasteiger partial charge in [-0.1, -0.05) is 18.2 Å². The third kappa shape index (κ3) is 2.23. The molecule has 3 aromatic heterocycles. The van der Waals surface area contributed by atoms with E-state index in [2.05, 4.69) is 33.4 Å². The average Bonchev–Trinajstić information content (AvgIpc) is 3.17. The van der Waals surface area contributed by atoms with Gasteiger partial charge in [0.25, 0.3) is 5.78 Å². The largest absolute Gasteiger partial charge is 0.459 e. The number of para-hydroxylation sites is 1. The Morgan fingerprint density at radius 2 is 2.04 bits per heavy atom. The second-order valence-electron chi connectivity index (χ2n) is 5.70. The highest BCUT2D eigenvalue weighted by molar-refractivity contribution is 5.77. The molecule has 4 aromatic rings. The molecule has 0 amide bonds. The number of hydrogen-bond donors (Lipinski definition) is 1. The molecule has 6 nitrogen and oxygen atoms in total. The lowest BCUT2D eigenvalue weighted by atomic mass is 10.2. The van der Waals surface area contributed by atoms with Gasteiger partial charge in [0.05, 0.1) is 6.04 Å². The SMILES string of the molecule is Cc1nc2ncnn2c(N[C@H](C)c2cc3ccccc3o2)c1C. The van der Waals surface area contributed by atoms with Gasteiger partial charge in [-0.3, -0.25) is 0 Å². The third-order valence-corrected chi connectivity index (χ3v) is 4.13. The molecule has 1 N–H and O–H groups in total. The summed E-state index contributed by atoms with van der Waals surface area (Å²) in [7, 11) is 0. The summed E-state index contributed by atoms with van der Waals surface area (Å²) in [6.45, 7) is 6.06. The summed E-state index contributed by atoms with van der Waals surface area (Å²) < 4.78 is 7.67. The highest BCUT2D eigenvalue weighted by Crippen LogP contribution is 2.27. The molecule has 0 unspecified atom stereocenters. The summed E-state index contributed by atoms with van der Waals surface area (Å²) in [6.07, 6.45) is 1.51. The summed E-state index contributed by atoms with van der Waals surface area (Å²) in [6, 6.07) is 10.1. The summed E-state index contributed by atoms with van der Waals surface area (Å²) in [4.78, 5) is 8.61. The zero-order valence-electron chi connectivity index (χ0n) is 13.2. The van der Waals surface area contributed by atoms with E-state index in [1.54, 1.807) is 4.52 Å². The molecule has 4 rings (SSSR count). The Hall–Kier alpha value is -2.89. The number of rotatable bonds is 3. The van der Waals surface area contributed by atoms with Crippen LogP contribution in [-0.4, -0.2) is 19.6 Å². The lowest BCUT2D eigenvalue weighted by Crippen LogP contribution is -2.13. The molecule has 1 aromatic carbocycles. The highest BCUT2D eigenvalue weighted by Gasteiger charge is 2.16. The van der Waals surface area contributed by atoms with Crippen LogP contribution < -0.4 is 5.32 Å². The van der Waals surface area contributed by atoms with E-state index >= 15 is 0 Å². The van der Waals surface area contributed by atoms with Gasteiger partial charge in [-0.05, 0) is 32.9 Å². The van der Waals surface area contributed by atoms with Crippen LogP contribution in [0.4, 0.5) is 5.82 Å². The fraction of sp³-hybridized carbons (Fsp3) is 0.235. The van der Waals surface area contributed by atoms with Gasteiger partial charge in [0, 0.05) is 16.6 Å². The summed E-state index contributed by atoms with van der Waals surface area (Å²) in [5.74, 6) is 2.36. The number of nitrogens with one attached hydrogen (secondary N) is 1. The quantitative estimate of drug-likeness (QED) is 0.625. The van der Waals surface area contributed by atoms with Crippen LogP contribution in [0.3, 0.4) is 0 Å². The Morgan fingerprint density at radius 1 is 1.22 bits per heavy atom. The van der Waals surface area contributed by atoms with Crippen molar-refractivity contribution in [3.8, 4) is 0 Å². The number of aryl methyl sites for hydroxylation is 1. The Kier molecular flexibility index (Phi) is 3.04. The molecule has 116 valence electrons. The number of hydrogen-bond acceptors (Lipinski definition) is 5. The van der Waals surface area contributed by atoms with Crippen LogP contribution in [0.25, 0.3) is 16.7 Å². The minimum absolute atomic E-state index is 0.00435. The van der Waals surface area contributed by atoms with Crippen LogP contribution in [-0.2, 0) is 0 Å². The number of fused-ring (bicyclic) bond motifs is 2. The van der Waals surface area contributed by atoms with E-state index in [1.807, 2.05) is 38.1 Å². The molecule has 0 spiro atoms. The van der Waals surface area contributed by atoms with Gasteiger partial charge in [0.1, 0.15) is 23.5 Å². The molecule has 0 aliphatic heterocycles. The number of furan rings is 1. The molecule has 1 atom stereocenters. The summed E-state index contributed by atoms with van der Waals surface area (Å²) >= 11 is 0. The molecule has 23 heavy (non-hydrogen) atoms. The molecule has 0 radical (unpaired) electrons. The van der Waals surface area contributed by atoms with Crippen molar-refractivity contribution >= 4 is 22.6 Å². The minimum atomic E-state index is -0.00435. The van der Waals surface area contributed by atoms with E-state index in [9.17, 15) is 0 Å². The first-order valence-electron chi connectivity index (χ1n) is 7.55. The Balaban J connectivity index is 1.75. The van der Waals surface area contributed by atoms with Crippen molar-refractivity contribution in [2.24, 2.45) is 0 Å². The number of benzene rings is 1. The molecule has 0 aliphatic carbocycles. The van der Waals surface area contributed by atoms with Crippen molar-refractivity contribution in [1.29, 1.82) is 0 Å². The maximum atomic E-state index is 5.94. The molecule has 0 fully saturated rings. The van der Waals surface area contributed by atoms with Crippen LogP contribution in [0.5, 0.6) is 0 Å². The maximum Gasteiger partial charge on any atom is 0.254 e. The third-order valence-electron chi connectivity index (χ3n) is 4.13. The van der Waals surface area contributed by atoms with E-state index in [1.165, 1.54) is 6.33 Å². The predicted molar refractivity (Wildman–Crippen MR) is 88.5 cm³/mol. The first kappa shape index (κ1) is 13.8. The monoisotopic (exact) mass is 307 g/mol. The molecule has 0 aliphatic rings. The second-order valence-corrected chi connectivity index (χ2v) is 5.70. The Labute approximate surface area is 133 Å². The van der Waals surface area contributed by atoms with Crippen LogP contribution in [0, 0.1) is 13.8 Å². The zero-order valence-corrected chi connectivity index (χ0v) is 13.2. The predicted octanol–water partition coefficient (Wildman–Crippen LogP) is 3.66. The van der Waals surface area contributed by atoms with E-state index in [4.69, 9.17) is 4.42 Å². The molecule has 0 saturated heterocycles. The van der Waals surface area contributed by atoms with Crippen molar-refractivity contribution in [3.05, 3.63) is 53.7 Å². The normalized spacial score (nSPS) is 12.8. The standard InChI is InChI=1S/C17H17N5O/c1-10-11(2)21-17-18-9-19-22(17)16(10)20-12(3)15-8-13-6-4-5-7-14(13)23-15/h4-9,12,20H,1-3H3/t12-/m1/s1. The van der Waals surface area contributed by atoms with Gasteiger partial charge in [0.2, 0.25) is 0 Å². The topological polar surface area (TPSA) is 68.2 Å². The summed E-state index contributed by atoms with van der Waals surface area (Å²) in [5, 5.41) is 8.85. The first-order chi connectivity index (χ1) is 11.1. The van der Waals surface area contributed by atoms with E-state index in [-0.39, 0.29) is 6.04 Å². The van der Waals surface area contributed by atoms with Crippen molar-refractivity contribution in [3.63, 3.8) is 0 Å². The van der Waals surface area contributed by atoms with Crippen molar-refractivity contribution in [1.82, 2.24) is 19.6 Å². The van der Waals surface area contributed by atoms with E-state index < -0.39 is 0 Å². The number of aromatic nitrogens is 4. The fourth-order valence-corrected chi connectivity index (χ4v) is 2.69. The molecule has 0 bridgehead atoms. The van der Waals surface area contributed by atoms with Crippen molar-refractivity contribution in [2.45, 2.75) is 26.8 Å². The lowest BCUT2D eigenvalue weighted by molar-refractivity contribution is 0.524. The van der Waals surface area contributed by atoms with Gasteiger partial charge in [0.15, 0.2) is 0 Å². The van der Waals surface area contributed by atoms with Gasteiger partial charge >= 0.3 is 0 Å². The van der Waals surface area contributed by atoms with Crippen LogP contribution in [0.2, 0.25) is 0 Å². The van der Waals surface area contributed by atoms with E-state index in [0.717, 1.165) is 33.8 Å². The first-order valence-corrected chi connectivity index (χ1v) is 7.55. The van der Waals surface area contributed by atoms with Gasteiger partial charge in [-0.15, -0.1) is 0 Å². The van der Waals surface area contributed by atoms with E-state index in [0.29, 0.717) is 5.78 Å². The Morgan fingerprint density at radius 3 is 2.87 bits per heavy atom. The molecule has 6 heteroatoms. The lowest BCUT2D eigenvalue weighted by Gasteiger charge is -2.16. The zero-order chi connectivity index (χ0) is 16.0. The molecular formula is C17H17N5O. The summed E-state index contributed by atoms with van der Waals surface area (Å²) in [5.41, 5.74) is 2.88. The van der Waals surface area contributed by atoms with Crippen LogP contribution in [0.15, 0.2) is 41.1 Å². The highest BCUT2D eigenvalue weighted by atomic mass is 16.3. The van der Waals surface area contributed by atoms with Crippen LogP contribution in [0.1, 0.15) is 30.0 Å². The molecule has 0 saturated carbocycles.